The van der Waals surface area contributed by atoms with Crippen molar-refractivity contribution >= 4 is 5.91 Å². The number of amides is 1. The maximum absolute atomic E-state index is 13.0. The van der Waals surface area contributed by atoms with E-state index in [1.807, 2.05) is 31.2 Å². The van der Waals surface area contributed by atoms with Gasteiger partial charge in [0.05, 0.1) is 5.69 Å². The maximum atomic E-state index is 13.0. The second-order valence-corrected chi connectivity index (χ2v) is 5.54. The van der Waals surface area contributed by atoms with Crippen molar-refractivity contribution in [2.75, 3.05) is 0 Å². The molecule has 1 heterocycles. The Bertz CT molecular complexity index is 854. The Morgan fingerprint density at radius 3 is 2.42 bits per heavy atom. The molecule has 0 spiro atoms. The van der Waals surface area contributed by atoms with Gasteiger partial charge in [0.1, 0.15) is 11.6 Å². The molecule has 122 valence electrons. The highest BCUT2D eigenvalue weighted by Gasteiger charge is 2.15. The summed E-state index contributed by atoms with van der Waals surface area (Å²) in [6, 6.07) is 13.8. The predicted molar refractivity (Wildman–Crippen MR) is 88.4 cm³/mol. The number of rotatable bonds is 4. The summed E-state index contributed by atoms with van der Waals surface area (Å²) in [4.78, 5) is 16.4. The molecular weight excluding hydrogens is 307 g/mol. The van der Waals surface area contributed by atoms with Crippen molar-refractivity contribution in [1.29, 1.82) is 0 Å². The molecular formula is C18H17FN4O. The molecule has 0 fully saturated rings. The first-order valence-corrected chi connectivity index (χ1v) is 7.56. The van der Waals surface area contributed by atoms with E-state index in [0.717, 1.165) is 5.56 Å². The first kappa shape index (κ1) is 15.9. The third kappa shape index (κ3) is 3.48. The normalized spacial score (nSPS) is 10.6. The SMILES string of the molecule is Cc1ccc(CNC(=O)c2nc(C)n(-c3ccc(F)cc3)n2)cc1. The number of hydrogen-bond donors (Lipinski definition) is 1. The Kier molecular flexibility index (Phi) is 4.37. The van der Waals surface area contributed by atoms with Gasteiger partial charge in [0.25, 0.3) is 5.91 Å². The minimum atomic E-state index is -0.348. The molecule has 1 aromatic heterocycles. The van der Waals surface area contributed by atoms with E-state index in [9.17, 15) is 9.18 Å². The summed E-state index contributed by atoms with van der Waals surface area (Å²) >= 11 is 0. The third-order valence-electron chi connectivity index (χ3n) is 3.62. The van der Waals surface area contributed by atoms with Crippen LogP contribution < -0.4 is 5.32 Å². The van der Waals surface area contributed by atoms with Crippen LogP contribution in [0.2, 0.25) is 0 Å². The van der Waals surface area contributed by atoms with Gasteiger partial charge in [0, 0.05) is 6.54 Å². The number of benzene rings is 2. The van der Waals surface area contributed by atoms with E-state index >= 15 is 0 Å². The van der Waals surface area contributed by atoms with E-state index in [4.69, 9.17) is 0 Å². The lowest BCUT2D eigenvalue weighted by molar-refractivity contribution is 0.0940. The van der Waals surface area contributed by atoms with Crippen molar-refractivity contribution in [3.8, 4) is 5.69 Å². The monoisotopic (exact) mass is 324 g/mol. The van der Waals surface area contributed by atoms with Crippen LogP contribution in [0.25, 0.3) is 5.69 Å². The van der Waals surface area contributed by atoms with Crippen molar-refractivity contribution in [2.24, 2.45) is 0 Å². The Morgan fingerprint density at radius 2 is 1.75 bits per heavy atom. The second-order valence-electron chi connectivity index (χ2n) is 5.54. The summed E-state index contributed by atoms with van der Waals surface area (Å²) in [5.41, 5.74) is 2.82. The molecule has 0 saturated carbocycles. The molecule has 0 bridgehead atoms. The Balaban J connectivity index is 1.72. The highest BCUT2D eigenvalue weighted by molar-refractivity contribution is 5.90. The van der Waals surface area contributed by atoms with Crippen molar-refractivity contribution in [3.05, 3.63) is 77.1 Å². The van der Waals surface area contributed by atoms with Crippen LogP contribution in [0.15, 0.2) is 48.5 Å². The van der Waals surface area contributed by atoms with E-state index in [2.05, 4.69) is 15.4 Å². The maximum Gasteiger partial charge on any atom is 0.291 e. The van der Waals surface area contributed by atoms with Gasteiger partial charge >= 0.3 is 0 Å². The molecule has 0 aliphatic rings. The van der Waals surface area contributed by atoms with Crippen LogP contribution in [0.3, 0.4) is 0 Å². The topological polar surface area (TPSA) is 59.8 Å². The number of nitrogens with zero attached hydrogens (tertiary/aromatic N) is 3. The fourth-order valence-corrected chi connectivity index (χ4v) is 2.28. The van der Waals surface area contributed by atoms with Gasteiger partial charge in [0.2, 0.25) is 5.82 Å². The van der Waals surface area contributed by atoms with Crippen molar-refractivity contribution in [1.82, 2.24) is 20.1 Å². The van der Waals surface area contributed by atoms with Crippen molar-refractivity contribution in [2.45, 2.75) is 20.4 Å². The fraction of sp³-hybridized carbons (Fsp3) is 0.167. The van der Waals surface area contributed by atoms with E-state index in [0.29, 0.717) is 18.1 Å². The average molecular weight is 324 g/mol. The lowest BCUT2D eigenvalue weighted by Crippen LogP contribution is -2.24. The van der Waals surface area contributed by atoms with Gasteiger partial charge in [-0.25, -0.2) is 14.1 Å². The lowest BCUT2D eigenvalue weighted by atomic mass is 10.1. The minimum absolute atomic E-state index is 0.0870. The van der Waals surface area contributed by atoms with Gasteiger partial charge in [-0.1, -0.05) is 29.8 Å². The molecule has 0 saturated heterocycles. The lowest BCUT2D eigenvalue weighted by Gasteiger charge is -2.03. The van der Waals surface area contributed by atoms with Crippen LogP contribution in [0.1, 0.15) is 27.6 Å². The molecule has 24 heavy (non-hydrogen) atoms. The quantitative estimate of drug-likeness (QED) is 0.803. The zero-order valence-electron chi connectivity index (χ0n) is 13.5. The smallest absolute Gasteiger partial charge is 0.291 e. The summed E-state index contributed by atoms with van der Waals surface area (Å²) in [6.45, 7) is 4.16. The zero-order chi connectivity index (χ0) is 17.1. The third-order valence-corrected chi connectivity index (χ3v) is 3.62. The van der Waals surface area contributed by atoms with Gasteiger partial charge in [-0.15, -0.1) is 5.10 Å². The second kappa shape index (κ2) is 6.62. The fourth-order valence-electron chi connectivity index (χ4n) is 2.28. The first-order valence-electron chi connectivity index (χ1n) is 7.56. The molecule has 0 aliphatic carbocycles. The van der Waals surface area contributed by atoms with E-state index < -0.39 is 0 Å². The summed E-state index contributed by atoms with van der Waals surface area (Å²) in [6.07, 6.45) is 0. The molecule has 1 N–H and O–H groups in total. The first-order chi connectivity index (χ1) is 11.5. The van der Waals surface area contributed by atoms with Crippen LogP contribution in [0.5, 0.6) is 0 Å². The molecule has 6 heteroatoms. The molecule has 5 nitrogen and oxygen atoms in total. The molecule has 0 radical (unpaired) electrons. The van der Waals surface area contributed by atoms with Gasteiger partial charge < -0.3 is 5.32 Å². The van der Waals surface area contributed by atoms with Gasteiger partial charge in [0.15, 0.2) is 0 Å². The standard InChI is InChI=1S/C18H17FN4O/c1-12-3-5-14(6-4-12)11-20-18(24)17-21-13(2)23(22-17)16-9-7-15(19)8-10-16/h3-10H,11H2,1-2H3,(H,20,24). The van der Waals surface area contributed by atoms with Crippen LogP contribution in [-0.4, -0.2) is 20.7 Å². The number of aryl methyl sites for hydroxylation is 2. The van der Waals surface area contributed by atoms with Crippen LogP contribution >= 0.6 is 0 Å². The highest BCUT2D eigenvalue weighted by atomic mass is 19.1. The number of aromatic nitrogens is 3. The zero-order valence-corrected chi connectivity index (χ0v) is 13.5. The molecule has 2 aromatic carbocycles. The molecule has 0 atom stereocenters. The summed E-state index contributed by atoms with van der Waals surface area (Å²) in [5.74, 6) is -0.0295. The molecule has 0 aliphatic heterocycles. The van der Waals surface area contributed by atoms with E-state index in [1.165, 1.54) is 22.4 Å². The highest BCUT2D eigenvalue weighted by Crippen LogP contribution is 2.11. The van der Waals surface area contributed by atoms with Crippen LogP contribution in [-0.2, 0) is 6.54 Å². The number of nitrogens with one attached hydrogen (secondary N) is 1. The van der Waals surface area contributed by atoms with Crippen molar-refractivity contribution in [3.63, 3.8) is 0 Å². The summed E-state index contributed by atoms with van der Waals surface area (Å²) in [7, 11) is 0. The number of halogens is 1. The largest absolute Gasteiger partial charge is 0.345 e. The summed E-state index contributed by atoms with van der Waals surface area (Å²) < 4.78 is 14.5. The number of carbonyl (C=O) groups is 1. The Morgan fingerprint density at radius 1 is 1.08 bits per heavy atom. The van der Waals surface area contributed by atoms with Crippen molar-refractivity contribution < 1.29 is 9.18 Å². The van der Waals surface area contributed by atoms with Crippen LogP contribution in [0.4, 0.5) is 4.39 Å². The Hall–Kier alpha value is -3.02. The van der Waals surface area contributed by atoms with Crippen LogP contribution in [0, 0.1) is 19.7 Å². The molecule has 1 amide bonds. The molecule has 3 aromatic rings. The van der Waals surface area contributed by atoms with E-state index in [-0.39, 0.29) is 17.5 Å². The van der Waals surface area contributed by atoms with Gasteiger partial charge in [-0.05, 0) is 43.7 Å². The predicted octanol–water partition coefficient (Wildman–Crippen LogP) is 2.95. The average Bonchev–Trinajstić information content (AvgIpc) is 2.97. The van der Waals surface area contributed by atoms with Gasteiger partial charge in [-0.2, -0.15) is 0 Å². The Labute approximate surface area is 139 Å². The van der Waals surface area contributed by atoms with Gasteiger partial charge in [-0.3, -0.25) is 4.79 Å². The minimum Gasteiger partial charge on any atom is -0.345 e. The van der Waals surface area contributed by atoms with E-state index in [1.54, 1.807) is 19.1 Å². The molecule has 3 rings (SSSR count). The summed E-state index contributed by atoms with van der Waals surface area (Å²) in [5, 5.41) is 7.01. The number of hydrogen-bond acceptors (Lipinski definition) is 3. The number of carbonyl (C=O) groups excluding carboxylic acids is 1. The molecule has 0 unspecified atom stereocenters.